The van der Waals surface area contributed by atoms with Gasteiger partial charge in [0.05, 0.1) is 11.7 Å². The number of esters is 1. The molecule has 0 radical (unpaired) electrons. The van der Waals surface area contributed by atoms with Gasteiger partial charge in [-0.05, 0) is 44.5 Å². The lowest BCUT2D eigenvalue weighted by molar-refractivity contribution is 0.0378. The normalized spacial score (nSPS) is 10.7. The zero-order valence-corrected chi connectivity index (χ0v) is 13.7. The Morgan fingerprint density at radius 1 is 1.05 bits per heavy atom. The second-order valence-electron chi connectivity index (χ2n) is 5.73. The molecule has 0 saturated heterocycles. The third-order valence-corrected chi connectivity index (χ3v) is 3.32. The summed E-state index contributed by atoms with van der Waals surface area (Å²) in [6.45, 7) is 6.94. The topological polar surface area (TPSA) is 38.3 Å². The second kappa shape index (κ2) is 10.3. The first-order chi connectivity index (χ1) is 10.1. The fourth-order valence-electron chi connectivity index (χ4n) is 2.14. The highest BCUT2D eigenvalue weighted by Crippen LogP contribution is 2.12. The lowest BCUT2D eigenvalue weighted by Gasteiger charge is -2.09. The van der Waals surface area contributed by atoms with Crippen LogP contribution in [-0.2, 0) is 4.74 Å². The van der Waals surface area contributed by atoms with Gasteiger partial charge >= 0.3 is 5.97 Å². The van der Waals surface area contributed by atoms with Crippen molar-refractivity contribution >= 4 is 11.7 Å². The molecule has 0 spiro atoms. The molecule has 3 heteroatoms. The number of hydrogen-bond donors (Lipinski definition) is 1. The van der Waals surface area contributed by atoms with Gasteiger partial charge < -0.3 is 10.1 Å². The van der Waals surface area contributed by atoms with Crippen LogP contribution in [0.2, 0.25) is 0 Å². The van der Waals surface area contributed by atoms with Crippen LogP contribution in [0.25, 0.3) is 0 Å². The van der Waals surface area contributed by atoms with Crippen LogP contribution in [-0.4, -0.2) is 18.6 Å². The molecule has 1 aromatic carbocycles. The maximum atomic E-state index is 11.7. The molecule has 0 aliphatic rings. The van der Waals surface area contributed by atoms with Gasteiger partial charge in [-0.3, -0.25) is 0 Å². The summed E-state index contributed by atoms with van der Waals surface area (Å²) in [5.41, 5.74) is 1.67. The van der Waals surface area contributed by atoms with Crippen molar-refractivity contribution in [3.8, 4) is 0 Å². The van der Waals surface area contributed by atoms with Gasteiger partial charge in [0.25, 0.3) is 0 Å². The minimum atomic E-state index is -0.257. The monoisotopic (exact) mass is 291 g/mol. The number of ether oxygens (including phenoxy) is 1. The molecule has 21 heavy (non-hydrogen) atoms. The first-order valence-electron chi connectivity index (χ1n) is 8.18. The minimum absolute atomic E-state index is 0.0805. The highest BCUT2D eigenvalue weighted by molar-refractivity contribution is 5.89. The van der Waals surface area contributed by atoms with E-state index in [0.717, 1.165) is 12.2 Å². The number of carbonyl (C=O) groups excluding carboxylic acids is 1. The predicted molar refractivity (Wildman–Crippen MR) is 88.9 cm³/mol. The van der Waals surface area contributed by atoms with E-state index in [0.29, 0.717) is 5.56 Å². The molecule has 0 aliphatic heterocycles. The first kappa shape index (κ1) is 17.5. The van der Waals surface area contributed by atoms with Crippen molar-refractivity contribution in [2.45, 2.75) is 65.4 Å². The molecule has 1 aromatic rings. The summed E-state index contributed by atoms with van der Waals surface area (Å²) in [6, 6.07) is 7.50. The standard InChI is InChI=1S/C18H29NO2/c1-4-5-6-7-8-9-14-19-17-12-10-16(11-13-17)18(20)21-15(2)3/h10-13,15,19H,4-9,14H2,1-3H3. The number of nitrogens with one attached hydrogen (secondary N) is 1. The quantitative estimate of drug-likeness (QED) is 0.485. The maximum Gasteiger partial charge on any atom is 0.338 e. The number of hydrogen-bond acceptors (Lipinski definition) is 3. The van der Waals surface area contributed by atoms with Crippen LogP contribution in [0, 0.1) is 0 Å². The summed E-state index contributed by atoms with van der Waals surface area (Å²) < 4.78 is 5.16. The second-order valence-corrected chi connectivity index (χ2v) is 5.73. The first-order valence-corrected chi connectivity index (χ1v) is 8.18. The molecule has 0 unspecified atom stereocenters. The number of benzene rings is 1. The summed E-state index contributed by atoms with van der Waals surface area (Å²) in [5, 5.41) is 3.39. The molecular formula is C18H29NO2. The van der Waals surface area contributed by atoms with Crippen LogP contribution >= 0.6 is 0 Å². The highest BCUT2D eigenvalue weighted by atomic mass is 16.5. The Morgan fingerprint density at radius 3 is 2.29 bits per heavy atom. The molecule has 0 aliphatic carbocycles. The molecule has 0 fully saturated rings. The Labute approximate surface area is 129 Å². The van der Waals surface area contributed by atoms with Crippen molar-refractivity contribution in [1.82, 2.24) is 0 Å². The van der Waals surface area contributed by atoms with Crippen molar-refractivity contribution in [2.24, 2.45) is 0 Å². The lowest BCUT2D eigenvalue weighted by Crippen LogP contribution is -2.11. The van der Waals surface area contributed by atoms with Crippen LogP contribution in [0.5, 0.6) is 0 Å². The summed E-state index contributed by atoms with van der Waals surface area (Å²) in [7, 11) is 0. The molecular weight excluding hydrogens is 262 g/mol. The third-order valence-electron chi connectivity index (χ3n) is 3.32. The van der Waals surface area contributed by atoms with Crippen LogP contribution in [0.15, 0.2) is 24.3 Å². The van der Waals surface area contributed by atoms with Crippen LogP contribution < -0.4 is 5.32 Å². The Kier molecular flexibility index (Phi) is 8.56. The fraction of sp³-hybridized carbons (Fsp3) is 0.611. The Bertz CT molecular complexity index is 398. The van der Waals surface area contributed by atoms with Crippen molar-refractivity contribution in [1.29, 1.82) is 0 Å². The largest absolute Gasteiger partial charge is 0.459 e. The molecule has 0 bridgehead atoms. The zero-order valence-electron chi connectivity index (χ0n) is 13.7. The van der Waals surface area contributed by atoms with E-state index < -0.39 is 0 Å². The SMILES string of the molecule is CCCCCCCCNc1ccc(C(=O)OC(C)C)cc1. The van der Waals surface area contributed by atoms with Crippen LogP contribution in [0.3, 0.4) is 0 Å². The molecule has 0 heterocycles. The number of unbranched alkanes of at least 4 members (excludes halogenated alkanes) is 5. The Morgan fingerprint density at radius 2 is 1.67 bits per heavy atom. The van der Waals surface area contributed by atoms with E-state index in [9.17, 15) is 4.79 Å². The predicted octanol–water partition coefficient (Wildman–Crippen LogP) is 5.02. The smallest absolute Gasteiger partial charge is 0.338 e. The third kappa shape index (κ3) is 7.74. The summed E-state index contributed by atoms with van der Waals surface area (Å²) in [5.74, 6) is -0.257. The van der Waals surface area contributed by atoms with Crippen molar-refractivity contribution in [3.05, 3.63) is 29.8 Å². The average Bonchev–Trinajstić information content (AvgIpc) is 2.46. The molecule has 118 valence electrons. The molecule has 1 rings (SSSR count). The van der Waals surface area contributed by atoms with E-state index in [4.69, 9.17) is 4.74 Å². The summed E-state index contributed by atoms with van der Waals surface area (Å²) >= 11 is 0. The van der Waals surface area contributed by atoms with E-state index >= 15 is 0 Å². The van der Waals surface area contributed by atoms with Gasteiger partial charge in [-0.1, -0.05) is 39.0 Å². The van der Waals surface area contributed by atoms with Gasteiger partial charge in [-0.15, -0.1) is 0 Å². The van der Waals surface area contributed by atoms with Crippen LogP contribution in [0.4, 0.5) is 5.69 Å². The zero-order chi connectivity index (χ0) is 15.5. The Balaban J connectivity index is 2.23. The minimum Gasteiger partial charge on any atom is -0.459 e. The van der Waals surface area contributed by atoms with E-state index in [2.05, 4.69) is 12.2 Å². The van der Waals surface area contributed by atoms with E-state index in [-0.39, 0.29) is 12.1 Å². The summed E-state index contributed by atoms with van der Waals surface area (Å²) in [6.07, 6.45) is 7.72. The molecule has 1 N–H and O–H groups in total. The number of carbonyl (C=O) groups is 1. The van der Waals surface area contributed by atoms with Gasteiger partial charge in [-0.2, -0.15) is 0 Å². The number of anilines is 1. The van der Waals surface area contributed by atoms with E-state index in [1.807, 2.05) is 38.1 Å². The van der Waals surface area contributed by atoms with Crippen LogP contribution in [0.1, 0.15) is 69.7 Å². The molecule has 0 amide bonds. The van der Waals surface area contributed by atoms with Crippen molar-refractivity contribution < 1.29 is 9.53 Å². The van der Waals surface area contributed by atoms with E-state index in [1.54, 1.807) is 0 Å². The van der Waals surface area contributed by atoms with Gasteiger partial charge in [-0.25, -0.2) is 4.79 Å². The van der Waals surface area contributed by atoms with Crippen molar-refractivity contribution in [2.75, 3.05) is 11.9 Å². The Hall–Kier alpha value is -1.51. The molecule has 0 atom stereocenters. The maximum absolute atomic E-state index is 11.7. The van der Waals surface area contributed by atoms with E-state index in [1.165, 1.54) is 38.5 Å². The number of rotatable bonds is 10. The van der Waals surface area contributed by atoms with Gasteiger partial charge in [0.15, 0.2) is 0 Å². The van der Waals surface area contributed by atoms with Gasteiger partial charge in [0.2, 0.25) is 0 Å². The molecule has 0 saturated carbocycles. The molecule has 3 nitrogen and oxygen atoms in total. The highest BCUT2D eigenvalue weighted by Gasteiger charge is 2.08. The van der Waals surface area contributed by atoms with Gasteiger partial charge in [0, 0.05) is 12.2 Å². The fourth-order valence-corrected chi connectivity index (χ4v) is 2.14. The lowest BCUT2D eigenvalue weighted by atomic mass is 10.1. The molecule has 0 aromatic heterocycles. The van der Waals surface area contributed by atoms with Gasteiger partial charge in [0.1, 0.15) is 0 Å². The average molecular weight is 291 g/mol. The van der Waals surface area contributed by atoms with Crippen molar-refractivity contribution in [3.63, 3.8) is 0 Å². The summed E-state index contributed by atoms with van der Waals surface area (Å²) in [4.78, 5) is 11.7.